The van der Waals surface area contributed by atoms with Gasteiger partial charge in [0.05, 0.1) is 50.0 Å². The number of anilines is 2. The topological polar surface area (TPSA) is 145 Å². The average molecular weight is 710 g/mol. The molecule has 0 radical (unpaired) electrons. The first-order valence-corrected chi connectivity index (χ1v) is 18.0. The molecule has 2 heterocycles. The number of aliphatic hydroxyl groups excluding tert-OH is 1. The van der Waals surface area contributed by atoms with Crippen LogP contribution in [0.2, 0.25) is 0 Å². The molecule has 12 nitrogen and oxygen atoms in total. The standard InChI is InChI=1S/C33H43F3N5O7P/c1-41-19-26-25(22-6-10-24(42)11-7-22)12-13-28(29(26)31(41)43)39-30-27(33(34,35)36)18-37-32(40-30)38-23-8-4-21(5-9-23)20-49(44,47-16-14-45-2)48-17-15-46-3/h4-5,8-9,18,22,24-25,42H,6-7,10-17,19-20H2,1-3H3,(H,37,38,40). The molecule has 2 aromatic rings. The zero-order valence-corrected chi connectivity index (χ0v) is 28.8. The predicted octanol–water partition coefficient (Wildman–Crippen LogP) is 6.06. The summed E-state index contributed by atoms with van der Waals surface area (Å²) >= 11 is 0. The third-order valence-corrected chi connectivity index (χ3v) is 11.0. The van der Waals surface area contributed by atoms with Gasteiger partial charge in [-0.25, -0.2) is 9.98 Å². The summed E-state index contributed by atoms with van der Waals surface area (Å²) in [4.78, 5) is 27.3. The van der Waals surface area contributed by atoms with E-state index in [0.717, 1.165) is 18.4 Å². The van der Waals surface area contributed by atoms with Gasteiger partial charge >= 0.3 is 13.8 Å². The maximum atomic E-state index is 14.1. The van der Waals surface area contributed by atoms with Gasteiger partial charge in [-0.15, -0.1) is 0 Å². The smallest absolute Gasteiger partial charge is 0.393 e. The number of aromatic nitrogens is 2. The molecule has 1 aromatic carbocycles. The Morgan fingerprint density at radius 1 is 1.02 bits per heavy atom. The largest absolute Gasteiger partial charge is 0.421 e. The fourth-order valence-electron chi connectivity index (χ4n) is 6.61. The number of nitrogens with zero attached hydrogens (tertiary/aromatic N) is 4. The van der Waals surface area contributed by atoms with Crippen molar-refractivity contribution in [2.24, 2.45) is 16.8 Å². The first-order valence-electron chi connectivity index (χ1n) is 16.3. The Hall–Kier alpha value is -3.20. The Bertz CT molecular complexity index is 1570. The monoisotopic (exact) mass is 709 g/mol. The molecule has 5 rings (SSSR count). The number of halogens is 3. The number of aliphatic hydroxyl groups is 1. The molecule has 0 saturated heterocycles. The van der Waals surface area contributed by atoms with E-state index in [-0.39, 0.29) is 56.5 Å². The minimum absolute atomic E-state index is 0.0194. The molecular weight excluding hydrogens is 666 g/mol. The summed E-state index contributed by atoms with van der Waals surface area (Å²) in [5, 5.41) is 12.9. The molecule has 1 saturated carbocycles. The lowest BCUT2D eigenvalue weighted by Gasteiger charge is -2.35. The van der Waals surface area contributed by atoms with Crippen molar-refractivity contribution in [2.45, 2.75) is 57.0 Å². The summed E-state index contributed by atoms with van der Waals surface area (Å²) in [6.45, 7) is 1.03. The highest BCUT2D eigenvalue weighted by Crippen LogP contribution is 2.51. The van der Waals surface area contributed by atoms with Gasteiger partial charge in [0.25, 0.3) is 5.91 Å². The number of carbonyl (C=O) groups is 1. The van der Waals surface area contributed by atoms with Gasteiger partial charge in [0, 0.05) is 39.7 Å². The molecule has 2 N–H and O–H groups in total. The van der Waals surface area contributed by atoms with Crippen molar-refractivity contribution in [3.05, 3.63) is 52.7 Å². The van der Waals surface area contributed by atoms with Gasteiger partial charge < -0.3 is 33.8 Å². The van der Waals surface area contributed by atoms with Crippen LogP contribution >= 0.6 is 7.60 Å². The molecule has 1 amide bonds. The van der Waals surface area contributed by atoms with E-state index in [0.29, 0.717) is 66.9 Å². The maximum Gasteiger partial charge on any atom is 0.421 e. The zero-order chi connectivity index (χ0) is 35.2. The van der Waals surface area contributed by atoms with E-state index >= 15 is 0 Å². The summed E-state index contributed by atoms with van der Waals surface area (Å²) in [6, 6.07) is 6.65. The average Bonchev–Trinajstić information content (AvgIpc) is 3.36. The Morgan fingerprint density at radius 3 is 2.29 bits per heavy atom. The molecule has 1 aliphatic heterocycles. The third kappa shape index (κ3) is 9.33. The molecule has 3 aliphatic rings. The Labute approximate surface area is 283 Å². The van der Waals surface area contributed by atoms with Gasteiger partial charge in [-0.05, 0) is 73.6 Å². The number of benzene rings is 1. The van der Waals surface area contributed by atoms with Crippen molar-refractivity contribution in [2.75, 3.05) is 59.6 Å². The normalized spacial score (nSPS) is 22.6. The van der Waals surface area contributed by atoms with E-state index < -0.39 is 25.2 Å². The van der Waals surface area contributed by atoms with Crippen LogP contribution < -0.4 is 5.32 Å². The Kier molecular flexibility index (Phi) is 12.3. The van der Waals surface area contributed by atoms with Crippen LogP contribution in [0, 0.1) is 11.8 Å². The van der Waals surface area contributed by atoms with Gasteiger partial charge in [0.1, 0.15) is 5.56 Å². The molecule has 0 spiro atoms. The molecule has 0 bridgehead atoms. The Morgan fingerprint density at radius 2 is 1.67 bits per heavy atom. The fourth-order valence-corrected chi connectivity index (χ4v) is 8.23. The summed E-state index contributed by atoms with van der Waals surface area (Å²) in [5.74, 6) is -0.527. The SMILES string of the molecule is COCCOP(=O)(Cc1ccc(Nc2ncc(C(F)(F)F)c(N=C3CCC(C4CCC(O)CC4)C4=C3C(=O)N(C)C4)n2)cc1)OCCOC. The van der Waals surface area contributed by atoms with Crippen molar-refractivity contribution in [3.63, 3.8) is 0 Å². The number of hydrogen-bond acceptors (Lipinski definition) is 11. The maximum absolute atomic E-state index is 14.1. The number of rotatable bonds is 14. The number of methoxy groups -OCH3 is 2. The van der Waals surface area contributed by atoms with Gasteiger partial charge in [-0.3, -0.25) is 9.36 Å². The van der Waals surface area contributed by atoms with Crippen LogP contribution in [0.4, 0.5) is 30.6 Å². The summed E-state index contributed by atoms with van der Waals surface area (Å²) < 4.78 is 76.7. The molecular formula is C33H43F3N5O7P. The highest BCUT2D eigenvalue weighted by Gasteiger charge is 2.42. The molecule has 2 aliphatic carbocycles. The second-order valence-electron chi connectivity index (χ2n) is 12.5. The van der Waals surface area contributed by atoms with E-state index in [1.165, 1.54) is 14.2 Å². The van der Waals surface area contributed by atoms with Crippen molar-refractivity contribution in [3.8, 4) is 0 Å². The van der Waals surface area contributed by atoms with Crippen LogP contribution in [0.1, 0.15) is 49.7 Å². The molecule has 1 unspecified atom stereocenters. The minimum atomic E-state index is -4.78. The summed E-state index contributed by atoms with van der Waals surface area (Å²) in [6.07, 6.45) is -0.335. The number of nitrogens with one attached hydrogen (secondary N) is 1. The number of alkyl halides is 3. The molecule has 1 atom stereocenters. The van der Waals surface area contributed by atoms with Crippen LogP contribution in [0.25, 0.3) is 0 Å². The summed E-state index contributed by atoms with van der Waals surface area (Å²) in [7, 11) is 1.16. The predicted molar refractivity (Wildman–Crippen MR) is 176 cm³/mol. The van der Waals surface area contributed by atoms with Gasteiger partial charge in [0.2, 0.25) is 5.95 Å². The number of carbonyl (C=O) groups excluding carboxylic acids is 1. The van der Waals surface area contributed by atoms with Crippen molar-refractivity contribution in [1.82, 2.24) is 14.9 Å². The highest BCUT2D eigenvalue weighted by molar-refractivity contribution is 7.53. The van der Waals surface area contributed by atoms with Gasteiger partial charge in [-0.2, -0.15) is 18.2 Å². The second-order valence-corrected chi connectivity index (χ2v) is 14.6. The molecule has 1 fully saturated rings. The number of aliphatic imine (C=N–C) groups is 1. The third-order valence-electron chi connectivity index (χ3n) is 9.08. The van der Waals surface area contributed by atoms with Crippen LogP contribution in [0.5, 0.6) is 0 Å². The van der Waals surface area contributed by atoms with E-state index in [1.54, 1.807) is 36.2 Å². The second kappa shape index (κ2) is 16.2. The lowest BCUT2D eigenvalue weighted by Crippen LogP contribution is -2.30. The molecule has 1 aromatic heterocycles. The zero-order valence-electron chi connectivity index (χ0n) is 27.9. The number of hydrogen-bond donors (Lipinski definition) is 2. The first-order chi connectivity index (χ1) is 23.4. The summed E-state index contributed by atoms with van der Waals surface area (Å²) in [5.41, 5.74) is 1.59. The molecule has 49 heavy (non-hydrogen) atoms. The van der Waals surface area contributed by atoms with Crippen LogP contribution in [-0.2, 0) is 40.2 Å². The van der Waals surface area contributed by atoms with Crippen molar-refractivity contribution < 1.29 is 46.2 Å². The van der Waals surface area contributed by atoms with E-state index in [9.17, 15) is 27.6 Å². The van der Waals surface area contributed by atoms with Crippen molar-refractivity contribution in [1.29, 1.82) is 0 Å². The van der Waals surface area contributed by atoms with Crippen LogP contribution in [-0.4, -0.2) is 91.9 Å². The molecule has 268 valence electrons. The number of amides is 1. The Balaban J connectivity index is 1.38. The van der Waals surface area contributed by atoms with Crippen LogP contribution in [0.15, 0.2) is 46.6 Å². The van der Waals surface area contributed by atoms with Crippen molar-refractivity contribution >= 4 is 36.7 Å². The van der Waals surface area contributed by atoms with Gasteiger partial charge in [0.15, 0.2) is 5.82 Å². The number of ether oxygens (including phenoxy) is 2. The lowest BCUT2D eigenvalue weighted by molar-refractivity contribution is -0.137. The van der Waals surface area contributed by atoms with E-state index in [1.807, 2.05) is 0 Å². The van der Waals surface area contributed by atoms with Gasteiger partial charge in [-0.1, -0.05) is 12.1 Å². The molecule has 16 heteroatoms. The minimum Gasteiger partial charge on any atom is -0.393 e. The van der Waals surface area contributed by atoms with E-state index in [4.69, 9.17) is 18.5 Å². The fraction of sp³-hybridized carbons (Fsp3) is 0.576. The van der Waals surface area contributed by atoms with E-state index in [2.05, 4.69) is 20.3 Å². The van der Waals surface area contributed by atoms with Crippen LogP contribution in [0.3, 0.4) is 0 Å². The number of likely N-dealkylation sites (N-methyl/N-ethyl adjacent to an activating group) is 1. The first kappa shape index (κ1) is 37.1. The lowest BCUT2D eigenvalue weighted by atomic mass is 9.70. The quantitative estimate of drug-likeness (QED) is 0.175. The highest BCUT2D eigenvalue weighted by atomic mass is 31.2.